The molecule has 0 bridgehead atoms. The van der Waals surface area contributed by atoms with E-state index < -0.39 is 41.1 Å². The number of benzene rings is 4. The molecule has 0 radical (unpaired) electrons. The standard InChI is InChI=1S/C46H54N4O14/c1-30(2)42(49-45(53)62-29-39-37-11-7-5-9-35(37)36-10-6-8-12-38(36)39)44(52)47-31(3)43(51)48-40-18-13-32(28-63-46(54)64-34-16-14-33(15-17-34)50(55)56)27-41(40)61-26-25-60-24-23-59-22-21-58-20-19-57-4/h5-18,27,30-31,39,42H,19-26,28-29H2,1-4H3,(H,47,52)(H,48,51)(H,49,53)/t31-,42-/m0/s1. The molecule has 1 aliphatic carbocycles. The minimum Gasteiger partial charge on any atom is -0.489 e. The van der Waals surface area contributed by atoms with Gasteiger partial charge in [-0.3, -0.25) is 19.7 Å². The van der Waals surface area contributed by atoms with Crippen LogP contribution in [0.15, 0.2) is 91.0 Å². The van der Waals surface area contributed by atoms with Crippen LogP contribution in [0.4, 0.5) is 21.0 Å². The molecule has 2 atom stereocenters. The average molecular weight is 887 g/mol. The molecule has 18 heteroatoms. The highest BCUT2D eigenvalue weighted by Gasteiger charge is 2.31. The maximum atomic E-state index is 13.5. The van der Waals surface area contributed by atoms with Crippen LogP contribution in [0.1, 0.15) is 43.4 Å². The quantitative estimate of drug-likeness (QED) is 0.0216. The number of fused-ring (bicyclic) bond motifs is 3. The molecule has 1 aliphatic rings. The summed E-state index contributed by atoms with van der Waals surface area (Å²) in [4.78, 5) is 62.9. The molecule has 4 aromatic rings. The van der Waals surface area contributed by atoms with E-state index in [4.69, 9.17) is 37.9 Å². The molecule has 0 saturated heterocycles. The Bertz CT molecular complexity index is 2140. The summed E-state index contributed by atoms with van der Waals surface area (Å²) in [5.41, 5.74) is 4.83. The summed E-state index contributed by atoms with van der Waals surface area (Å²) in [7, 11) is 1.60. The second-order valence-electron chi connectivity index (χ2n) is 14.8. The first-order valence-corrected chi connectivity index (χ1v) is 20.7. The maximum Gasteiger partial charge on any atom is 0.514 e. The van der Waals surface area contributed by atoms with Crippen molar-refractivity contribution >= 4 is 35.4 Å². The van der Waals surface area contributed by atoms with Crippen molar-refractivity contribution in [2.75, 3.05) is 71.9 Å². The second kappa shape index (κ2) is 24.9. The number of carbonyl (C=O) groups is 4. The van der Waals surface area contributed by atoms with E-state index in [2.05, 4.69) is 16.0 Å². The Labute approximate surface area is 370 Å². The zero-order chi connectivity index (χ0) is 45.8. The van der Waals surface area contributed by atoms with Gasteiger partial charge < -0.3 is 53.8 Å². The lowest BCUT2D eigenvalue weighted by Crippen LogP contribution is -2.53. The van der Waals surface area contributed by atoms with Crippen molar-refractivity contribution < 1.29 is 62.0 Å². The van der Waals surface area contributed by atoms with Crippen LogP contribution < -0.4 is 25.4 Å². The highest BCUT2D eigenvalue weighted by molar-refractivity contribution is 5.99. The van der Waals surface area contributed by atoms with Crippen molar-refractivity contribution in [3.8, 4) is 22.6 Å². The summed E-state index contributed by atoms with van der Waals surface area (Å²) in [6.07, 6.45) is -1.82. The fourth-order valence-electron chi connectivity index (χ4n) is 6.59. The molecular weight excluding hydrogens is 833 g/mol. The molecule has 3 amide bonds. The number of nitrogens with one attached hydrogen (secondary N) is 3. The number of methoxy groups -OCH3 is 1. The van der Waals surface area contributed by atoms with Gasteiger partial charge in [-0.2, -0.15) is 0 Å². The minimum atomic E-state index is -1.06. The van der Waals surface area contributed by atoms with Crippen molar-refractivity contribution in [3.63, 3.8) is 0 Å². The molecule has 18 nitrogen and oxygen atoms in total. The molecule has 0 fully saturated rings. The summed E-state index contributed by atoms with van der Waals surface area (Å²) >= 11 is 0. The van der Waals surface area contributed by atoms with E-state index >= 15 is 0 Å². The first kappa shape index (κ1) is 48.4. The Kier molecular flexibility index (Phi) is 18.8. The third-order valence-corrected chi connectivity index (χ3v) is 9.89. The van der Waals surface area contributed by atoms with Crippen molar-refractivity contribution in [2.45, 2.75) is 45.4 Å². The zero-order valence-corrected chi connectivity index (χ0v) is 36.2. The third-order valence-electron chi connectivity index (χ3n) is 9.89. The maximum absolute atomic E-state index is 13.5. The zero-order valence-electron chi connectivity index (χ0n) is 36.2. The predicted molar refractivity (Wildman–Crippen MR) is 233 cm³/mol. The minimum absolute atomic E-state index is 0.0485. The fraction of sp³-hybridized carbons (Fsp3) is 0.391. The number of hydrogen-bond donors (Lipinski definition) is 3. The first-order chi connectivity index (χ1) is 30.9. The van der Waals surface area contributed by atoms with Crippen molar-refractivity contribution in [3.05, 3.63) is 118 Å². The van der Waals surface area contributed by atoms with Gasteiger partial charge in [-0.25, -0.2) is 9.59 Å². The van der Waals surface area contributed by atoms with Gasteiger partial charge in [0.2, 0.25) is 11.8 Å². The van der Waals surface area contributed by atoms with Crippen LogP contribution in [-0.4, -0.2) is 108 Å². The Morgan fingerprint density at radius 1 is 0.703 bits per heavy atom. The number of nitrogens with zero attached hydrogens (tertiary/aromatic N) is 1. The molecule has 0 saturated carbocycles. The molecule has 0 spiro atoms. The molecule has 0 aromatic heterocycles. The van der Waals surface area contributed by atoms with E-state index in [1.54, 1.807) is 39.2 Å². The van der Waals surface area contributed by atoms with Crippen LogP contribution in [0, 0.1) is 16.0 Å². The van der Waals surface area contributed by atoms with Gasteiger partial charge in [0, 0.05) is 25.2 Å². The lowest BCUT2D eigenvalue weighted by molar-refractivity contribution is -0.384. The number of rotatable bonds is 25. The number of non-ortho nitro benzene ring substituents is 1. The predicted octanol–water partition coefficient (Wildman–Crippen LogP) is 6.39. The Hall–Kier alpha value is -6.60. The average Bonchev–Trinajstić information content (AvgIpc) is 3.61. The number of hydrogen-bond acceptors (Lipinski definition) is 14. The van der Waals surface area contributed by atoms with Gasteiger partial charge >= 0.3 is 12.2 Å². The van der Waals surface area contributed by atoms with Crippen LogP contribution in [0.3, 0.4) is 0 Å². The Morgan fingerprint density at radius 3 is 1.89 bits per heavy atom. The van der Waals surface area contributed by atoms with Gasteiger partial charge in [0.05, 0.1) is 56.9 Å². The molecule has 64 heavy (non-hydrogen) atoms. The fourth-order valence-corrected chi connectivity index (χ4v) is 6.59. The van der Waals surface area contributed by atoms with Crippen LogP contribution >= 0.6 is 0 Å². The number of anilines is 1. The van der Waals surface area contributed by atoms with Gasteiger partial charge in [0.25, 0.3) is 5.69 Å². The van der Waals surface area contributed by atoms with E-state index in [-0.39, 0.29) is 61.1 Å². The van der Waals surface area contributed by atoms with E-state index in [9.17, 15) is 29.3 Å². The van der Waals surface area contributed by atoms with E-state index in [1.807, 2.05) is 48.5 Å². The summed E-state index contributed by atoms with van der Waals surface area (Å²) < 4.78 is 43.4. The van der Waals surface area contributed by atoms with Crippen molar-refractivity contribution in [2.24, 2.45) is 5.92 Å². The number of nitro benzene ring substituents is 1. The second-order valence-corrected chi connectivity index (χ2v) is 14.8. The molecule has 0 aliphatic heterocycles. The van der Waals surface area contributed by atoms with E-state index in [0.29, 0.717) is 45.2 Å². The monoisotopic (exact) mass is 886 g/mol. The van der Waals surface area contributed by atoms with Gasteiger partial charge in [-0.05, 0) is 64.9 Å². The molecule has 0 unspecified atom stereocenters. The summed E-state index contributed by atoms with van der Waals surface area (Å²) in [6, 6.07) is 23.5. The van der Waals surface area contributed by atoms with Gasteiger partial charge in [0.15, 0.2) is 0 Å². The van der Waals surface area contributed by atoms with Crippen LogP contribution in [-0.2, 0) is 44.6 Å². The highest BCUT2D eigenvalue weighted by Crippen LogP contribution is 2.44. The summed E-state index contributed by atoms with van der Waals surface area (Å²) in [5.74, 6) is -1.43. The third kappa shape index (κ3) is 14.5. The first-order valence-electron chi connectivity index (χ1n) is 20.7. The number of amides is 3. The normalized spacial score (nSPS) is 12.6. The molecule has 3 N–H and O–H groups in total. The topological polar surface area (TPSA) is 221 Å². The molecule has 0 heterocycles. The number of nitro groups is 1. The number of carbonyl (C=O) groups excluding carboxylic acids is 4. The molecule has 4 aromatic carbocycles. The van der Waals surface area contributed by atoms with E-state index in [1.165, 1.54) is 31.2 Å². The van der Waals surface area contributed by atoms with Crippen molar-refractivity contribution in [1.29, 1.82) is 0 Å². The number of ether oxygens (including phenoxy) is 8. The Morgan fingerprint density at radius 2 is 1.30 bits per heavy atom. The number of alkyl carbamates (subject to hydrolysis) is 1. The molecule has 342 valence electrons. The Balaban J connectivity index is 1.14. The van der Waals surface area contributed by atoms with Crippen LogP contribution in [0.2, 0.25) is 0 Å². The lowest BCUT2D eigenvalue weighted by atomic mass is 9.98. The van der Waals surface area contributed by atoms with Crippen molar-refractivity contribution in [1.82, 2.24) is 10.6 Å². The van der Waals surface area contributed by atoms with Crippen LogP contribution in [0.5, 0.6) is 11.5 Å². The highest BCUT2D eigenvalue weighted by atomic mass is 16.7. The molecule has 5 rings (SSSR count). The largest absolute Gasteiger partial charge is 0.514 e. The smallest absolute Gasteiger partial charge is 0.489 e. The van der Waals surface area contributed by atoms with E-state index in [0.717, 1.165) is 22.3 Å². The van der Waals surface area contributed by atoms with Crippen LogP contribution in [0.25, 0.3) is 11.1 Å². The van der Waals surface area contributed by atoms with Gasteiger partial charge in [-0.15, -0.1) is 0 Å². The van der Waals surface area contributed by atoms with Gasteiger partial charge in [0.1, 0.15) is 43.4 Å². The van der Waals surface area contributed by atoms with Gasteiger partial charge in [-0.1, -0.05) is 68.4 Å². The summed E-state index contributed by atoms with van der Waals surface area (Å²) in [6.45, 7) is 7.51. The lowest BCUT2D eigenvalue weighted by Gasteiger charge is -2.24. The molecular formula is C46H54N4O14. The SMILES string of the molecule is COCCOCCOCCOCCOc1cc(COC(=O)Oc2ccc([N+](=O)[O-])cc2)ccc1NC(=O)[C@H](C)NC(=O)[C@@H](NC(=O)OCC1c2ccccc2-c2ccccc21)C(C)C. The summed E-state index contributed by atoms with van der Waals surface area (Å²) in [5, 5.41) is 19.1.